The molecule has 0 aliphatic carbocycles. The molecule has 0 amide bonds. The van der Waals surface area contributed by atoms with E-state index < -0.39 is 0 Å². The maximum absolute atomic E-state index is 13.4. The van der Waals surface area contributed by atoms with Crippen molar-refractivity contribution in [2.75, 3.05) is 51.8 Å². The molecular weight excluding hydrogens is 486 g/mol. The molecule has 0 spiro atoms. The van der Waals surface area contributed by atoms with Crippen molar-refractivity contribution >= 4 is 35.6 Å². The number of ether oxygens (including phenoxy) is 1. The number of hydrogen-bond donors (Lipinski definition) is 1. The lowest BCUT2D eigenvalue weighted by molar-refractivity contribution is -0.00801. The lowest BCUT2D eigenvalue weighted by Crippen LogP contribution is -2.48. The highest BCUT2D eigenvalue weighted by atomic mass is 127. The first-order valence-corrected chi connectivity index (χ1v) is 9.59. The van der Waals surface area contributed by atoms with Gasteiger partial charge in [0.05, 0.1) is 19.3 Å². The average molecular weight is 516 g/mol. The van der Waals surface area contributed by atoms with E-state index >= 15 is 0 Å². The molecule has 1 N–H and O–H groups in total. The zero-order valence-electron chi connectivity index (χ0n) is 17.2. The molecule has 3 rings (SSSR count). The number of anilines is 1. The number of nitrogens with zero attached hydrogens (tertiary/aromatic N) is 5. The molecule has 1 fully saturated rings. The molecule has 2 aromatic rings. The summed E-state index contributed by atoms with van der Waals surface area (Å²) in [6.07, 6.45) is 4.77. The molecule has 1 aromatic heterocycles. The van der Waals surface area contributed by atoms with Crippen molar-refractivity contribution in [3.05, 3.63) is 48.0 Å². The van der Waals surface area contributed by atoms with E-state index in [1.54, 1.807) is 23.9 Å². The van der Waals surface area contributed by atoms with Crippen LogP contribution in [0.5, 0.6) is 0 Å². The van der Waals surface area contributed by atoms with Gasteiger partial charge in [-0.2, -0.15) is 5.10 Å². The molecule has 1 aromatic carbocycles. The van der Waals surface area contributed by atoms with Gasteiger partial charge in [0.2, 0.25) is 0 Å². The molecule has 0 saturated carbocycles. The fourth-order valence-electron chi connectivity index (χ4n) is 3.34. The Bertz CT molecular complexity index is 799. The van der Waals surface area contributed by atoms with Crippen molar-refractivity contribution in [2.45, 2.75) is 12.5 Å². The molecular formula is C20H30FIN6O. The van der Waals surface area contributed by atoms with Crippen LogP contribution in [0.2, 0.25) is 0 Å². The number of morpholine rings is 1. The van der Waals surface area contributed by atoms with Crippen LogP contribution in [0.3, 0.4) is 0 Å². The van der Waals surface area contributed by atoms with Crippen LogP contribution >= 0.6 is 24.0 Å². The van der Waals surface area contributed by atoms with Crippen molar-refractivity contribution in [3.63, 3.8) is 0 Å². The Kier molecular flexibility index (Phi) is 9.15. The summed E-state index contributed by atoms with van der Waals surface area (Å²) in [7, 11) is 5.69. The normalized spacial score (nSPS) is 17.0. The molecule has 1 saturated heterocycles. The SMILES string of the molecule is CN=C(NCCCN(C)c1cccc(F)c1)N1CCOC(c2cnn(C)c2)C1.I. The molecule has 1 aliphatic heterocycles. The van der Waals surface area contributed by atoms with E-state index in [0.717, 1.165) is 49.8 Å². The summed E-state index contributed by atoms with van der Waals surface area (Å²) in [6, 6.07) is 6.67. The van der Waals surface area contributed by atoms with E-state index in [1.807, 2.05) is 32.6 Å². The van der Waals surface area contributed by atoms with Gasteiger partial charge in [-0.05, 0) is 24.6 Å². The molecule has 1 aliphatic rings. The zero-order chi connectivity index (χ0) is 19.9. The Hall–Kier alpha value is -1.88. The first-order valence-electron chi connectivity index (χ1n) is 9.59. The highest BCUT2D eigenvalue weighted by Crippen LogP contribution is 2.21. The molecule has 2 heterocycles. The van der Waals surface area contributed by atoms with Crippen LogP contribution in [0, 0.1) is 5.82 Å². The van der Waals surface area contributed by atoms with Crippen molar-refractivity contribution in [1.29, 1.82) is 0 Å². The monoisotopic (exact) mass is 516 g/mol. The molecule has 1 atom stereocenters. The lowest BCUT2D eigenvalue weighted by atomic mass is 10.1. The molecule has 1 unspecified atom stereocenters. The Morgan fingerprint density at radius 2 is 2.28 bits per heavy atom. The summed E-state index contributed by atoms with van der Waals surface area (Å²) in [6.45, 7) is 3.83. The highest BCUT2D eigenvalue weighted by Gasteiger charge is 2.25. The molecule has 9 heteroatoms. The van der Waals surface area contributed by atoms with E-state index in [2.05, 4.69) is 25.2 Å². The molecule has 7 nitrogen and oxygen atoms in total. The fraction of sp³-hybridized carbons (Fsp3) is 0.500. The maximum Gasteiger partial charge on any atom is 0.193 e. The number of halogens is 2. The van der Waals surface area contributed by atoms with Crippen LogP contribution in [0.25, 0.3) is 0 Å². The number of aryl methyl sites for hydroxylation is 1. The minimum Gasteiger partial charge on any atom is -0.374 e. The van der Waals surface area contributed by atoms with Gasteiger partial charge in [-0.15, -0.1) is 24.0 Å². The average Bonchev–Trinajstić information content (AvgIpc) is 3.14. The predicted molar refractivity (Wildman–Crippen MR) is 125 cm³/mol. The topological polar surface area (TPSA) is 57.9 Å². The summed E-state index contributed by atoms with van der Waals surface area (Å²) in [5, 5.41) is 7.67. The third-order valence-electron chi connectivity index (χ3n) is 4.88. The standard InChI is InChI=1S/C20H29FN6O.HI/c1-22-20(23-8-5-9-25(2)18-7-4-6-17(21)12-18)27-10-11-28-19(15-27)16-13-24-26(3)14-16;/h4,6-7,12-14,19H,5,8-11,15H2,1-3H3,(H,22,23);1H. The minimum absolute atomic E-state index is 0. The van der Waals surface area contributed by atoms with Crippen LogP contribution in [0.4, 0.5) is 10.1 Å². The van der Waals surface area contributed by atoms with Crippen LogP contribution in [-0.2, 0) is 11.8 Å². The third kappa shape index (κ3) is 6.56. The third-order valence-corrected chi connectivity index (χ3v) is 4.88. The second-order valence-electron chi connectivity index (χ2n) is 6.98. The Morgan fingerprint density at radius 3 is 2.97 bits per heavy atom. The van der Waals surface area contributed by atoms with Crippen molar-refractivity contribution < 1.29 is 9.13 Å². The van der Waals surface area contributed by atoms with E-state index in [0.29, 0.717) is 6.61 Å². The number of aliphatic imine (C=N–C) groups is 1. The lowest BCUT2D eigenvalue weighted by Gasteiger charge is -2.34. The second kappa shape index (κ2) is 11.3. The van der Waals surface area contributed by atoms with Crippen LogP contribution in [0.15, 0.2) is 41.7 Å². The van der Waals surface area contributed by atoms with E-state index in [1.165, 1.54) is 6.07 Å². The number of rotatable bonds is 6. The maximum atomic E-state index is 13.4. The summed E-state index contributed by atoms with van der Waals surface area (Å²) >= 11 is 0. The first-order chi connectivity index (χ1) is 13.6. The van der Waals surface area contributed by atoms with Crippen molar-refractivity contribution in [1.82, 2.24) is 20.0 Å². The van der Waals surface area contributed by atoms with E-state index in [4.69, 9.17) is 4.74 Å². The Labute approximate surface area is 188 Å². The first kappa shape index (κ1) is 23.4. The smallest absolute Gasteiger partial charge is 0.193 e. The summed E-state index contributed by atoms with van der Waals surface area (Å²) < 4.78 is 21.0. The zero-order valence-corrected chi connectivity index (χ0v) is 19.5. The minimum atomic E-state index is -0.210. The van der Waals surface area contributed by atoms with Gasteiger partial charge in [0.15, 0.2) is 5.96 Å². The van der Waals surface area contributed by atoms with E-state index in [-0.39, 0.29) is 35.9 Å². The van der Waals surface area contributed by atoms with Gasteiger partial charge >= 0.3 is 0 Å². The van der Waals surface area contributed by atoms with Crippen molar-refractivity contribution in [3.8, 4) is 0 Å². The van der Waals surface area contributed by atoms with Gasteiger partial charge in [0.1, 0.15) is 11.9 Å². The van der Waals surface area contributed by atoms with Crippen LogP contribution in [0.1, 0.15) is 18.1 Å². The molecule has 0 bridgehead atoms. The fourth-order valence-corrected chi connectivity index (χ4v) is 3.34. The van der Waals surface area contributed by atoms with Gasteiger partial charge in [-0.1, -0.05) is 6.07 Å². The molecule has 29 heavy (non-hydrogen) atoms. The number of hydrogen-bond acceptors (Lipinski definition) is 4. The summed E-state index contributed by atoms with van der Waals surface area (Å²) in [4.78, 5) is 8.70. The molecule has 160 valence electrons. The van der Waals surface area contributed by atoms with Gasteiger partial charge < -0.3 is 19.9 Å². The summed E-state index contributed by atoms with van der Waals surface area (Å²) in [5.41, 5.74) is 1.97. The quantitative estimate of drug-likeness (QED) is 0.277. The van der Waals surface area contributed by atoms with Gasteiger partial charge in [0.25, 0.3) is 0 Å². The number of guanidine groups is 1. The number of nitrogens with one attached hydrogen (secondary N) is 1. The predicted octanol–water partition coefficient (Wildman–Crippen LogP) is 2.65. The van der Waals surface area contributed by atoms with Crippen molar-refractivity contribution in [2.24, 2.45) is 12.0 Å². The largest absolute Gasteiger partial charge is 0.374 e. The van der Waals surface area contributed by atoms with Crippen LogP contribution in [-0.4, -0.2) is 67.5 Å². The number of aromatic nitrogens is 2. The van der Waals surface area contributed by atoms with Gasteiger partial charge in [0, 0.05) is 58.2 Å². The highest BCUT2D eigenvalue weighted by molar-refractivity contribution is 14.0. The van der Waals surface area contributed by atoms with Gasteiger partial charge in [-0.3, -0.25) is 9.67 Å². The van der Waals surface area contributed by atoms with E-state index in [9.17, 15) is 4.39 Å². The second-order valence-corrected chi connectivity index (χ2v) is 6.98. The molecule has 0 radical (unpaired) electrons. The number of benzene rings is 1. The van der Waals surface area contributed by atoms with Crippen LogP contribution < -0.4 is 10.2 Å². The summed E-state index contributed by atoms with van der Waals surface area (Å²) in [5.74, 6) is 0.670. The Morgan fingerprint density at radius 1 is 1.45 bits per heavy atom. The van der Waals surface area contributed by atoms with Gasteiger partial charge in [-0.25, -0.2) is 4.39 Å². The Balaban J connectivity index is 0.00000300.